The molecule has 0 aliphatic rings. The zero-order valence-corrected chi connectivity index (χ0v) is 22.2. The highest BCUT2D eigenvalue weighted by Crippen LogP contribution is 2.24. The van der Waals surface area contributed by atoms with Crippen molar-refractivity contribution in [2.45, 2.75) is 13.5 Å². The highest BCUT2D eigenvalue weighted by molar-refractivity contribution is 6.30. The van der Waals surface area contributed by atoms with Crippen LogP contribution in [0, 0.1) is 0 Å². The van der Waals surface area contributed by atoms with E-state index < -0.39 is 5.97 Å². The normalized spacial score (nSPS) is 11.5. The number of rotatable bonds is 13. The lowest BCUT2D eigenvalue weighted by Gasteiger charge is -2.15. The third kappa shape index (κ3) is 7.86. The summed E-state index contributed by atoms with van der Waals surface area (Å²) in [5.41, 5.74) is 6.01. The summed E-state index contributed by atoms with van der Waals surface area (Å²) < 4.78 is 15.8. The maximum absolute atomic E-state index is 12.2. The van der Waals surface area contributed by atoms with E-state index in [2.05, 4.69) is 17.2 Å². The van der Waals surface area contributed by atoms with E-state index in [1.165, 1.54) is 20.5 Å². The van der Waals surface area contributed by atoms with Crippen LogP contribution in [0.25, 0.3) is 5.57 Å². The first kappa shape index (κ1) is 28.3. The Hall–Kier alpha value is -4.27. The fourth-order valence-corrected chi connectivity index (χ4v) is 3.46. The molecular weight excluding hydrogens is 508 g/mol. The maximum Gasteiger partial charge on any atom is 0.341 e. The highest BCUT2D eigenvalue weighted by atomic mass is 35.5. The van der Waals surface area contributed by atoms with E-state index in [4.69, 9.17) is 35.5 Å². The Kier molecular flexibility index (Phi) is 10.8. The molecule has 0 saturated carbocycles. The molecule has 9 heteroatoms. The lowest BCUT2D eigenvalue weighted by Crippen LogP contribution is -2.21. The number of ether oxygens (including phenoxy) is 3. The van der Waals surface area contributed by atoms with Gasteiger partial charge >= 0.3 is 5.97 Å². The molecule has 0 spiro atoms. The second kappa shape index (κ2) is 14.5. The van der Waals surface area contributed by atoms with Gasteiger partial charge in [-0.05, 0) is 66.6 Å². The standard InChI is InChI=1S/C29H29ClN2O6/c1-5-36-32-28(21-10-14-24(15-11-21)38-25-16-12-23(30)13-17-25)20(2)31-37-18-22-8-6-7-9-26(22)27(19-34-3)29(33)35-4/h6-17,19,31H,2,5,18H2,1,3-4H3. The number of oxime groups is 1. The predicted molar refractivity (Wildman–Crippen MR) is 147 cm³/mol. The van der Waals surface area contributed by atoms with Crippen molar-refractivity contribution in [3.63, 3.8) is 0 Å². The Bertz CT molecular complexity index is 1290. The summed E-state index contributed by atoms with van der Waals surface area (Å²) in [7, 11) is 2.77. The van der Waals surface area contributed by atoms with Gasteiger partial charge in [0.1, 0.15) is 36.0 Å². The monoisotopic (exact) mass is 536 g/mol. The summed E-state index contributed by atoms with van der Waals surface area (Å²) in [5.74, 6) is 0.788. The molecule has 0 amide bonds. The van der Waals surface area contributed by atoms with E-state index in [0.29, 0.717) is 40.1 Å². The van der Waals surface area contributed by atoms with E-state index >= 15 is 0 Å². The van der Waals surface area contributed by atoms with Gasteiger partial charge < -0.3 is 19.0 Å². The van der Waals surface area contributed by atoms with Crippen molar-refractivity contribution in [2.75, 3.05) is 20.8 Å². The minimum absolute atomic E-state index is 0.114. The van der Waals surface area contributed by atoms with Crippen LogP contribution in [0.15, 0.2) is 96.5 Å². The molecule has 0 heterocycles. The number of hydrogen-bond acceptors (Lipinski definition) is 8. The largest absolute Gasteiger partial charge is 0.503 e. The minimum Gasteiger partial charge on any atom is -0.503 e. The van der Waals surface area contributed by atoms with E-state index in [-0.39, 0.29) is 12.2 Å². The van der Waals surface area contributed by atoms with Crippen molar-refractivity contribution in [2.24, 2.45) is 5.16 Å². The molecule has 0 aliphatic heterocycles. The Morgan fingerprint density at radius 2 is 1.66 bits per heavy atom. The van der Waals surface area contributed by atoms with Crippen LogP contribution in [0.1, 0.15) is 23.6 Å². The average Bonchev–Trinajstić information content (AvgIpc) is 2.94. The van der Waals surface area contributed by atoms with Crippen molar-refractivity contribution >= 4 is 28.9 Å². The first-order valence-electron chi connectivity index (χ1n) is 11.7. The average molecular weight is 537 g/mol. The number of carbonyl (C=O) groups is 1. The van der Waals surface area contributed by atoms with E-state index in [1.807, 2.05) is 49.4 Å². The Morgan fingerprint density at radius 3 is 2.29 bits per heavy atom. The minimum atomic E-state index is -0.522. The van der Waals surface area contributed by atoms with Crippen LogP contribution in [0.3, 0.4) is 0 Å². The first-order valence-corrected chi connectivity index (χ1v) is 12.0. The summed E-state index contributed by atoms with van der Waals surface area (Å²) in [6.07, 6.45) is 1.34. The number of esters is 1. The highest BCUT2D eigenvalue weighted by Gasteiger charge is 2.17. The van der Waals surface area contributed by atoms with Crippen LogP contribution in [-0.2, 0) is 30.6 Å². The number of nitrogens with zero attached hydrogens (tertiary/aromatic N) is 1. The third-order valence-corrected chi connectivity index (χ3v) is 5.37. The summed E-state index contributed by atoms with van der Waals surface area (Å²) in [6, 6.07) is 21.7. The van der Waals surface area contributed by atoms with Crippen molar-refractivity contribution in [1.82, 2.24) is 5.48 Å². The first-order chi connectivity index (χ1) is 18.5. The molecule has 0 radical (unpaired) electrons. The van der Waals surface area contributed by atoms with Gasteiger partial charge in [0.05, 0.1) is 26.2 Å². The summed E-state index contributed by atoms with van der Waals surface area (Å²) in [4.78, 5) is 23.3. The van der Waals surface area contributed by atoms with Crippen molar-refractivity contribution in [3.05, 3.63) is 113 Å². The molecule has 38 heavy (non-hydrogen) atoms. The summed E-state index contributed by atoms with van der Waals surface area (Å²) >= 11 is 5.93. The fourth-order valence-electron chi connectivity index (χ4n) is 3.34. The van der Waals surface area contributed by atoms with E-state index in [0.717, 1.165) is 11.1 Å². The molecule has 3 rings (SSSR count). The van der Waals surface area contributed by atoms with Gasteiger partial charge in [0.15, 0.2) is 0 Å². The van der Waals surface area contributed by atoms with Crippen LogP contribution >= 0.6 is 11.6 Å². The fraction of sp³-hybridized carbons (Fsp3) is 0.172. The van der Waals surface area contributed by atoms with Gasteiger partial charge in [0.25, 0.3) is 0 Å². The molecule has 0 unspecified atom stereocenters. The smallest absolute Gasteiger partial charge is 0.341 e. The second-order valence-electron chi connectivity index (χ2n) is 7.72. The van der Waals surface area contributed by atoms with Gasteiger partial charge in [-0.2, -0.15) is 0 Å². The SMILES string of the molecule is C=C(NOCc1ccccc1C(=COC)C(=O)OC)C(=NOCC)c1ccc(Oc2ccc(Cl)cc2)cc1. The molecular formula is C29H29ClN2O6. The number of methoxy groups -OCH3 is 2. The summed E-state index contributed by atoms with van der Waals surface area (Å²) in [6.45, 7) is 6.37. The lowest BCUT2D eigenvalue weighted by molar-refractivity contribution is -0.133. The number of hydroxylamine groups is 1. The van der Waals surface area contributed by atoms with Gasteiger partial charge in [-0.3, -0.25) is 10.3 Å². The molecule has 0 aromatic heterocycles. The van der Waals surface area contributed by atoms with Gasteiger partial charge in [0.2, 0.25) is 0 Å². The molecule has 0 aliphatic carbocycles. The van der Waals surface area contributed by atoms with Crippen LogP contribution in [0.2, 0.25) is 5.02 Å². The van der Waals surface area contributed by atoms with E-state index in [1.54, 1.807) is 30.3 Å². The van der Waals surface area contributed by atoms with Crippen LogP contribution in [0.5, 0.6) is 11.5 Å². The molecule has 8 nitrogen and oxygen atoms in total. The van der Waals surface area contributed by atoms with Gasteiger partial charge in [-0.15, -0.1) is 0 Å². The topological polar surface area (TPSA) is 87.6 Å². The zero-order valence-electron chi connectivity index (χ0n) is 21.4. The number of hydrogen-bond donors (Lipinski definition) is 1. The van der Waals surface area contributed by atoms with Crippen molar-refractivity contribution in [3.8, 4) is 11.5 Å². The molecule has 3 aromatic carbocycles. The van der Waals surface area contributed by atoms with Gasteiger partial charge in [0, 0.05) is 10.6 Å². The third-order valence-electron chi connectivity index (χ3n) is 5.12. The number of nitrogens with one attached hydrogen (secondary N) is 1. The molecule has 0 saturated heterocycles. The number of allylic oxidation sites excluding steroid dienone is 1. The number of halogens is 1. The quantitative estimate of drug-likeness (QED) is 0.0905. The lowest BCUT2D eigenvalue weighted by atomic mass is 10.0. The Morgan fingerprint density at radius 1 is 1.00 bits per heavy atom. The Labute approximate surface area is 227 Å². The molecule has 0 bridgehead atoms. The number of carbonyl (C=O) groups excluding carboxylic acids is 1. The van der Waals surface area contributed by atoms with E-state index in [9.17, 15) is 4.79 Å². The molecule has 0 fully saturated rings. The van der Waals surface area contributed by atoms with Crippen LogP contribution in [-0.4, -0.2) is 32.5 Å². The Balaban J connectivity index is 1.70. The zero-order chi connectivity index (χ0) is 27.3. The molecule has 1 N–H and O–H groups in total. The predicted octanol–water partition coefficient (Wildman–Crippen LogP) is 6.27. The van der Waals surface area contributed by atoms with Gasteiger partial charge in [-0.1, -0.05) is 47.6 Å². The molecule has 198 valence electrons. The molecule has 3 aromatic rings. The molecule has 0 atom stereocenters. The van der Waals surface area contributed by atoms with Crippen molar-refractivity contribution < 1.29 is 28.7 Å². The maximum atomic E-state index is 12.2. The number of benzene rings is 3. The van der Waals surface area contributed by atoms with Crippen LogP contribution in [0.4, 0.5) is 0 Å². The van der Waals surface area contributed by atoms with Crippen molar-refractivity contribution in [1.29, 1.82) is 0 Å². The van der Waals surface area contributed by atoms with Crippen LogP contribution < -0.4 is 10.2 Å². The summed E-state index contributed by atoms with van der Waals surface area (Å²) in [5, 5.41) is 4.83. The second-order valence-corrected chi connectivity index (χ2v) is 8.16. The van der Waals surface area contributed by atoms with Gasteiger partial charge in [-0.25, -0.2) is 4.79 Å².